The highest BCUT2D eigenvalue weighted by Crippen LogP contribution is 2.22. The minimum Gasteiger partial charge on any atom is -0.334 e. The van der Waals surface area contributed by atoms with Crippen LogP contribution in [-0.2, 0) is 0 Å². The Bertz CT molecular complexity index is 467. The number of likely N-dealkylation sites (tertiary alicyclic amines) is 1. The van der Waals surface area contributed by atoms with Gasteiger partial charge in [0.1, 0.15) is 5.82 Å². The lowest BCUT2D eigenvalue weighted by atomic mass is 10.1. The second-order valence-electron chi connectivity index (χ2n) is 4.78. The van der Waals surface area contributed by atoms with E-state index in [0.29, 0.717) is 17.4 Å². The molecule has 1 aromatic carbocycles. The van der Waals surface area contributed by atoms with Crippen LogP contribution in [0.4, 0.5) is 4.39 Å². The zero-order valence-electron chi connectivity index (χ0n) is 10.5. The lowest BCUT2D eigenvalue weighted by molar-refractivity contribution is 0.0695. The van der Waals surface area contributed by atoms with E-state index in [1.165, 1.54) is 18.2 Å². The summed E-state index contributed by atoms with van der Waals surface area (Å²) < 4.78 is 13.8. The van der Waals surface area contributed by atoms with Gasteiger partial charge in [-0.05, 0) is 31.0 Å². The van der Waals surface area contributed by atoms with Crippen LogP contribution in [-0.4, -0.2) is 29.3 Å². The largest absolute Gasteiger partial charge is 0.334 e. The molecule has 104 valence electrons. The van der Waals surface area contributed by atoms with Gasteiger partial charge in [0.2, 0.25) is 0 Å². The summed E-state index contributed by atoms with van der Waals surface area (Å²) in [5, 5.41) is 0.291. The van der Waals surface area contributed by atoms with Crippen LogP contribution in [0, 0.1) is 5.82 Å². The summed E-state index contributed by atoms with van der Waals surface area (Å²) in [4.78, 5) is 14.1. The van der Waals surface area contributed by atoms with Gasteiger partial charge >= 0.3 is 0 Å². The van der Waals surface area contributed by atoms with Crippen LogP contribution in [0.15, 0.2) is 18.2 Å². The number of benzene rings is 1. The summed E-state index contributed by atoms with van der Waals surface area (Å²) in [7, 11) is 0. The summed E-state index contributed by atoms with van der Waals surface area (Å²) in [6.45, 7) is 0.637. The van der Waals surface area contributed by atoms with Crippen molar-refractivity contribution >= 4 is 29.1 Å². The maximum absolute atomic E-state index is 13.8. The molecule has 1 aromatic rings. The first-order valence-corrected chi connectivity index (χ1v) is 7.36. The van der Waals surface area contributed by atoms with Crippen LogP contribution in [0.3, 0.4) is 0 Å². The quantitative estimate of drug-likeness (QED) is 0.753. The third-order valence-electron chi connectivity index (χ3n) is 3.48. The molecule has 1 heterocycles. The number of hydrogen-bond donors (Lipinski definition) is 0. The topological polar surface area (TPSA) is 20.3 Å². The van der Waals surface area contributed by atoms with Crippen molar-refractivity contribution in [3.05, 3.63) is 34.6 Å². The van der Waals surface area contributed by atoms with Crippen LogP contribution in [0.2, 0.25) is 5.02 Å². The predicted octanol–water partition coefficient (Wildman–Crippen LogP) is 4.10. The Hall–Kier alpha value is -0.800. The highest BCUT2D eigenvalue weighted by Gasteiger charge is 2.27. The number of halogens is 3. The molecule has 1 unspecified atom stereocenters. The molecular formula is C14H16Cl2FNO. The maximum atomic E-state index is 13.8. The molecule has 0 N–H and O–H groups in total. The van der Waals surface area contributed by atoms with Gasteiger partial charge in [-0.15, -0.1) is 11.6 Å². The first-order chi connectivity index (χ1) is 9.13. The van der Waals surface area contributed by atoms with Crippen molar-refractivity contribution < 1.29 is 9.18 Å². The van der Waals surface area contributed by atoms with Crippen LogP contribution in [0.25, 0.3) is 0 Å². The maximum Gasteiger partial charge on any atom is 0.257 e. The van der Waals surface area contributed by atoms with Gasteiger partial charge in [0.15, 0.2) is 0 Å². The SMILES string of the molecule is O=C(c1ccc(Cl)cc1F)N1CCCCCC1CCl. The molecule has 5 heteroatoms. The van der Waals surface area contributed by atoms with Crippen molar-refractivity contribution in [2.75, 3.05) is 12.4 Å². The van der Waals surface area contributed by atoms with Gasteiger partial charge in [0, 0.05) is 23.5 Å². The predicted molar refractivity (Wildman–Crippen MR) is 75.4 cm³/mol. The number of amides is 1. The molecule has 0 saturated carbocycles. The summed E-state index contributed by atoms with van der Waals surface area (Å²) in [6, 6.07) is 4.14. The first kappa shape index (κ1) is 14.6. The summed E-state index contributed by atoms with van der Waals surface area (Å²) in [5.41, 5.74) is 0.0708. The standard InChI is InChI=1S/C14H16Cl2FNO/c15-9-11-4-2-1-3-7-18(11)14(19)12-6-5-10(16)8-13(12)17/h5-6,8,11H,1-4,7,9H2. The van der Waals surface area contributed by atoms with E-state index in [0.717, 1.165) is 25.7 Å². The molecule has 19 heavy (non-hydrogen) atoms. The van der Waals surface area contributed by atoms with E-state index in [1.54, 1.807) is 4.90 Å². The molecule has 1 atom stereocenters. The molecule has 0 bridgehead atoms. The molecule has 0 spiro atoms. The third-order valence-corrected chi connectivity index (χ3v) is 4.07. The minimum atomic E-state index is -0.574. The molecule has 2 nitrogen and oxygen atoms in total. The number of alkyl halides is 1. The van der Waals surface area contributed by atoms with Gasteiger partial charge in [-0.2, -0.15) is 0 Å². The van der Waals surface area contributed by atoms with Gasteiger partial charge < -0.3 is 4.90 Å². The van der Waals surface area contributed by atoms with E-state index in [9.17, 15) is 9.18 Å². The normalized spacial score (nSPS) is 20.2. The zero-order chi connectivity index (χ0) is 13.8. The molecule has 1 amide bonds. The number of carbonyl (C=O) groups excluding carboxylic acids is 1. The molecule has 1 aliphatic rings. The Kier molecular flexibility index (Phi) is 5.06. The van der Waals surface area contributed by atoms with E-state index in [1.807, 2.05) is 0 Å². The van der Waals surface area contributed by atoms with Crippen LogP contribution in [0.1, 0.15) is 36.0 Å². The Morgan fingerprint density at radius 1 is 1.37 bits per heavy atom. The molecule has 0 aromatic heterocycles. The average molecular weight is 304 g/mol. The van der Waals surface area contributed by atoms with E-state index >= 15 is 0 Å². The monoisotopic (exact) mass is 303 g/mol. The van der Waals surface area contributed by atoms with Crippen LogP contribution < -0.4 is 0 Å². The number of hydrogen-bond acceptors (Lipinski definition) is 1. The molecule has 0 aliphatic carbocycles. The minimum absolute atomic E-state index is 0.00764. The number of nitrogens with zero attached hydrogens (tertiary/aromatic N) is 1. The van der Waals surface area contributed by atoms with Gasteiger partial charge in [-0.1, -0.05) is 24.4 Å². The zero-order valence-corrected chi connectivity index (χ0v) is 12.1. The summed E-state index contributed by atoms with van der Waals surface area (Å²) in [5.74, 6) is -0.474. The Morgan fingerprint density at radius 2 is 2.16 bits per heavy atom. The van der Waals surface area contributed by atoms with Crippen molar-refractivity contribution in [3.8, 4) is 0 Å². The highest BCUT2D eigenvalue weighted by molar-refractivity contribution is 6.30. The van der Waals surface area contributed by atoms with E-state index in [2.05, 4.69) is 0 Å². The first-order valence-electron chi connectivity index (χ1n) is 6.45. The van der Waals surface area contributed by atoms with Crippen molar-refractivity contribution in [3.63, 3.8) is 0 Å². The summed E-state index contributed by atoms with van der Waals surface area (Å²) in [6.07, 6.45) is 3.96. The fourth-order valence-electron chi connectivity index (χ4n) is 2.42. The highest BCUT2D eigenvalue weighted by atomic mass is 35.5. The van der Waals surface area contributed by atoms with Crippen molar-refractivity contribution in [2.45, 2.75) is 31.7 Å². The van der Waals surface area contributed by atoms with Crippen LogP contribution >= 0.6 is 23.2 Å². The Morgan fingerprint density at radius 3 is 2.84 bits per heavy atom. The molecule has 1 saturated heterocycles. The Labute approximate surface area is 122 Å². The Balaban J connectivity index is 2.25. The third kappa shape index (κ3) is 3.40. The fourth-order valence-corrected chi connectivity index (χ4v) is 2.90. The van der Waals surface area contributed by atoms with E-state index in [4.69, 9.17) is 23.2 Å². The molecule has 0 radical (unpaired) electrons. The molecule has 1 aliphatic heterocycles. The molecule has 2 rings (SSSR count). The van der Waals surface area contributed by atoms with Crippen LogP contribution in [0.5, 0.6) is 0 Å². The second-order valence-corrected chi connectivity index (χ2v) is 5.53. The number of rotatable bonds is 2. The summed E-state index contributed by atoms with van der Waals surface area (Å²) >= 11 is 11.6. The average Bonchev–Trinajstić information content (AvgIpc) is 2.63. The van der Waals surface area contributed by atoms with Gasteiger partial charge in [0.25, 0.3) is 5.91 Å². The van der Waals surface area contributed by atoms with E-state index in [-0.39, 0.29) is 17.5 Å². The lowest BCUT2D eigenvalue weighted by Gasteiger charge is -2.28. The second kappa shape index (κ2) is 6.58. The number of carbonyl (C=O) groups is 1. The van der Waals surface area contributed by atoms with Gasteiger partial charge in [-0.3, -0.25) is 4.79 Å². The smallest absolute Gasteiger partial charge is 0.257 e. The van der Waals surface area contributed by atoms with Gasteiger partial charge in [-0.25, -0.2) is 4.39 Å². The van der Waals surface area contributed by atoms with Crippen molar-refractivity contribution in [1.29, 1.82) is 0 Å². The lowest BCUT2D eigenvalue weighted by Crippen LogP contribution is -2.41. The van der Waals surface area contributed by atoms with Crippen molar-refractivity contribution in [2.24, 2.45) is 0 Å². The molecule has 1 fully saturated rings. The fraction of sp³-hybridized carbons (Fsp3) is 0.500. The van der Waals surface area contributed by atoms with Crippen molar-refractivity contribution in [1.82, 2.24) is 4.90 Å². The van der Waals surface area contributed by atoms with E-state index < -0.39 is 5.82 Å². The molecular weight excluding hydrogens is 288 g/mol. The van der Waals surface area contributed by atoms with Gasteiger partial charge in [0.05, 0.1) is 5.56 Å².